The van der Waals surface area contributed by atoms with Crippen LogP contribution in [-0.2, 0) is 39.9 Å². The van der Waals surface area contributed by atoms with E-state index in [9.17, 15) is 43.5 Å². The molecule has 0 fully saturated rings. The molecule has 0 unspecified atom stereocenters. The lowest BCUT2D eigenvalue weighted by Crippen LogP contribution is -2.26. The maximum atomic E-state index is 12.8. The summed E-state index contributed by atoms with van der Waals surface area (Å²) < 4.78 is 30.8. The van der Waals surface area contributed by atoms with Crippen molar-refractivity contribution in [1.82, 2.24) is 16.0 Å². The first-order valence-corrected chi connectivity index (χ1v) is 49.8. The SMILES string of the molecule is CC(C)(C)OC(=O)c1ccc(-c2ccc(CCN)cc2)cc1.CC(C)(C)OC(=O)c1ccc(-c2ccc(CCNC(=O)c3cc(Br)ccc3O)cc2)cc1.CCCCBr.CCCCOc1ccc(Br)cc1C(=O)NCCc1ccc(-c2ccc(C(=O)O)cc2)cc1.CCCCOc1ccc(Br)cc1C(=O)NCCc1ccc(-c2ccc(C(=O)OC(C)(C)C)cc2)cc1.O=C(O)c1cc(Br)ccc1O. The van der Waals surface area contributed by atoms with Crippen LogP contribution >= 0.6 is 79.6 Å². The summed E-state index contributed by atoms with van der Waals surface area (Å²) in [5.74, 6) is -2.72. The number of carbonyl (C=O) groups is 8. The van der Waals surface area contributed by atoms with Gasteiger partial charge in [0.05, 0.1) is 52.2 Å². The van der Waals surface area contributed by atoms with E-state index in [-0.39, 0.29) is 63.8 Å². The number of nitrogens with one attached hydrogen (secondary N) is 3. The number of phenols is 2. The van der Waals surface area contributed by atoms with Gasteiger partial charge in [-0.25, -0.2) is 24.0 Å². The number of hydrogen-bond donors (Lipinski definition) is 8. The lowest BCUT2D eigenvalue weighted by Gasteiger charge is -2.19. The summed E-state index contributed by atoms with van der Waals surface area (Å²) in [6.07, 6.45) is 9.52. The number of carbonyl (C=O) groups excluding carboxylic acids is 6. The molecule has 0 aliphatic rings. The smallest absolute Gasteiger partial charge is 0.339 e. The molecular weight excluding hydrogens is 2070 g/mol. The highest BCUT2D eigenvalue weighted by Crippen LogP contribution is 2.31. The highest BCUT2D eigenvalue weighted by Gasteiger charge is 2.23. The Morgan fingerprint density at radius 1 is 0.312 bits per heavy atom. The second-order valence-corrected chi connectivity index (χ2v) is 39.3. The third-order valence-corrected chi connectivity index (χ3v) is 22.7. The van der Waals surface area contributed by atoms with Crippen molar-refractivity contribution in [3.8, 4) is 67.5 Å². The third-order valence-electron chi connectivity index (χ3n) is 20.1. The number of alkyl halides is 1. The summed E-state index contributed by atoms with van der Waals surface area (Å²) in [7, 11) is 0. The molecule has 0 spiro atoms. The Kier molecular flexibility index (Phi) is 46.9. The Bertz CT molecular complexity index is 5920. The number of hydrogen-bond acceptors (Lipinski definition) is 16. The second kappa shape index (κ2) is 57.4. The first kappa shape index (κ1) is 113. The fraction of sp³-hybridized carbons (Fsp3) is 0.286. The fourth-order valence-corrected chi connectivity index (χ4v) is 14.9. The third kappa shape index (κ3) is 40.2. The quantitative estimate of drug-likeness (QED) is 0.00820. The lowest BCUT2D eigenvalue weighted by molar-refractivity contribution is 0.00570. The van der Waals surface area contributed by atoms with Gasteiger partial charge in [0.25, 0.3) is 17.7 Å². The maximum Gasteiger partial charge on any atom is 0.339 e. The Hall–Kier alpha value is -12.0. The van der Waals surface area contributed by atoms with Crippen molar-refractivity contribution in [2.24, 2.45) is 5.73 Å². The number of carboxylic acid groups (broad SMARTS) is 2. The number of nitrogens with two attached hydrogens (primary N) is 1. The fourth-order valence-electron chi connectivity index (χ4n) is 12.8. The topological polar surface area (TPSA) is 326 Å². The van der Waals surface area contributed by atoms with Crippen LogP contribution in [0.3, 0.4) is 0 Å². The van der Waals surface area contributed by atoms with E-state index in [4.69, 9.17) is 44.7 Å². The molecule has 138 heavy (non-hydrogen) atoms. The van der Waals surface area contributed by atoms with Gasteiger partial charge in [-0.15, -0.1) is 0 Å². The van der Waals surface area contributed by atoms with Crippen LogP contribution in [0.2, 0.25) is 0 Å². The number of benzene rings is 12. The van der Waals surface area contributed by atoms with Crippen molar-refractivity contribution < 1.29 is 82.5 Å². The molecular formula is C112H123Br5N4O17. The summed E-state index contributed by atoms with van der Waals surface area (Å²) in [5, 5.41) is 46.3. The lowest BCUT2D eigenvalue weighted by atomic mass is 10.0. The number of aromatic hydroxyl groups is 2. The minimum Gasteiger partial charge on any atom is -0.507 e. The zero-order valence-electron chi connectivity index (χ0n) is 80.0. The predicted molar refractivity (Wildman–Crippen MR) is 567 cm³/mol. The van der Waals surface area contributed by atoms with Gasteiger partial charge < -0.3 is 65.8 Å². The van der Waals surface area contributed by atoms with Crippen molar-refractivity contribution in [3.05, 3.63) is 352 Å². The van der Waals surface area contributed by atoms with E-state index in [1.807, 2.05) is 184 Å². The van der Waals surface area contributed by atoms with Crippen LogP contribution < -0.4 is 31.2 Å². The number of aromatic carboxylic acids is 2. The number of unbranched alkanes of at least 4 members (excludes halogenated alkanes) is 3. The molecule has 0 saturated carbocycles. The van der Waals surface area contributed by atoms with Gasteiger partial charge in [-0.05, 0) is 302 Å². The maximum absolute atomic E-state index is 12.8. The highest BCUT2D eigenvalue weighted by atomic mass is 79.9. The van der Waals surface area contributed by atoms with Gasteiger partial charge in [0, 0.05) is 42.9 Å². The van der Waals surface area contributed by atoms with E-state index in [0.29, 0.717) is 102 Å². The monoisotopic (exact) mass is 2190 g/mol. The minimum absolute atomic E-state index is 0.0484. The summed E-state index contributed by atoms with van der Waals surface area (Å²) >= 11 is 16.6. The van der Waals surface area contributed by atoms with Crippen LogP contribution in [0, 0.1) is 0 Å². The number of carboxylic acids is 2. The van der Waals surface area contributed by atoms with Crippen molar-refractivity contribution in [2.45, 2.75) is 164 Å². The Balaban J connectivity index is 0.000000239. The molecule has 12 rings (SSSR count). The van der Waals surface area contributed by atoms with Crippen LogP contribution in [0.4, 0.5) is 0 Å². The molecule has 21 nitrogen and oxygen atoms in total. The molecule has 0 aliphatic carbocycles. The summed E-state index contributed by atoms with van der Waals surface area (Å²) in [6, 6.07) is 81.6. The Labute approximate surface area is 852 Å². The number of amides is 3. The molecule has 9 N–H and O–H groups in total. The van der Waals surface area contributed by atoms with E-state index >= 15 is 0 Å². The van der Waals surface area contributed by atoms with Gasteiger partial charge in [0.2, 0.25) is 0 Å². The van der Waals surface area contributed by atoms with E-state index < -0.39 is 28.7 Å². The van der Waals surface area contributed by atoms with Gasteiger partial charge in [-0.3, -0.25) is 14.4 Å². The first-order valence-electron chi connectivity index (χ1n) is 45.5. The molecule has 0 bridgehead atoms. The van der Waals surface area contributed by atoms with Gasteiger partial charge in [-0.1, -0.05) is 265 Å². The summed E-state index contributed by atoms with van der Waals surface area (Å²) in [4.78, 5) is 95.5. The number of ether oxygens (including phenoxy) is 5. The van der Waals surface area contributed by atoms with Crippen LogP contribution in [-0.4, -0.2) is 130 Å². The number of phenolic OH excluding ortho intramolecular Hbond substituents is 1. The first-order chi connectivity index (χ1) is 65.7. The summed E-state index contributed by atoms with van der Waals surface area (Å²) in [5.41, 5.74) is 19.9. The molecule has 0 aliphatic heterocycles. The molecule has 0 radical (unpaired) electrons. The number of esters is 3. The molecule has 12 aromatic rings. The molecule has 0 atom stereocenters. The average molecular weight is 2200 g/mol. The van der Waals surface area contributed by atoms with Gasteiger partial charge >= 0.3 is 29.8 Å². The van der Waals surface area contributed by atoms with Crippen LogP contribution in [0.15, 0.2) is 285 Å². The van der Waals surface area contributed by atoms with Crippen molar-refractivity contribution in [2.75, 3.05) is 44.7 Å². The normalized spacial score (nSPS) is 10.8. The van der Waals surface area contributed by atoms with Crippen molar-refractivity contribution >= 4 is 127 Å². The summed E-state index contributed by atoms with van der Waals surface area (Å²) in [6.45, 7) is 26.4. The molecule has 0 heterocycles. The molecule has 12 aromatic carbocycles. The van der Waals surface area contributed by atoms with Gasteiger partial charge in [-0.2, -0.15) is 0 Å². The van der Waals surface area contributed by atoms with E-state index in [1.165, 1.54) is 36.6 Å². The van der Waals surface area contributed by atoms with Gasteiger partial charge in [0.1, 0.15) is 45.4 Å². The van der Waals surface area contributed by atoms with Crippen LogP contribution in [0.1, 0.15) is 227 Å². The van der Waals surface area contributed by atoms with E-state index in [2.05, 4.69) is 153 Å². The highest BCUT2D eigenvalue weighted by molar-refractivity contribution is 9.11. The zero-order valence-corrected chi connectivity index (χ0v) is 87.9. The average Bonchev–Trinajstić information content (AvgIpc) is 0.847. The molecule has 0 aromatic heterocycles. The van der Waals surface area contributed by atoms with Crippen molar-refractivity contribution in [1.29, 1.82) is 0 Å². The molecule has 26 heteroatoms. The van der Waals surface area contributed by atoms with E-state index in [1.54, 1.807) is 91.0 Å². The molecule has 728 valence electrons. The number of rotatable bonds is 33. The van der Waals surface area contributed by atoms with Crippen LogP contribution in [0.5, 0.6) is 23.0 Å². The molecule has 3 amide bonds. The minimum atomic E-state index is -1.14. The van der Waals surface area contributed by atoms with Crippen molar-refractivity contribution in [3.63, 3.8) is 0 Å². The standard InChI is InChI=1S/C30H34BrNO4.2C26H26BrNO4.C19H23NO2.C7H5BrO3.C4H9Br/c1-5-6-19-35-27-16-15-25(31)20-26(27)28(33)32-18-17-21-7-9-22(10-8-21)23-11-13-24(14-12-23)29(34)36-30(2,3)4;1-26(2,3)32-25(31)20-10-8-19(9-11-20)18-6-4-17(5-7-18)14-15-28-24(30)22-16-21(27)12-13-23(22)29;1-2-3-16-32-24-13-12-22(27)17-23(24)25(29)28-15-14-18-4-6-19(7-5-18)20-8-10-21(11-9-20)26(30)31;1-19(2,3)22-18(21)17-10-8-16(9-11-17)15-6-4-14(5-7-15)12-13-20;8-4-1-2-6(9)5(3-4)7(10)11;1-2-3-4-5/h7-16,20H,5-6,17-19H2,1-4H3,(H,32,33);4-13,16,29H,14-15H2,1-3H3,(H,28,30);4-13,17H,2-3,14-16H2,1H3,(H,28,29)(H,30,31);4-11H,12-13,20H2,1-3H3;1-3,9H,(H,10,11);2-4H2,1H3. The van der Waals surface area contributed by atoms with E-state index in [0.717, 1.165) is 112 Å². The Morgan fingerprint density at radius 2 is 0.558 bits per heavy atom. The number of halogens is 5. The molecule has 0 saturated heterocycles. The predicted octanol–water partition coefficient (Wildman–Crippen LogP) is 26.8. The van der Waals surface area contributed by atoms with Gasteiger partial charge in [0.15, 0.2) is 0 Å². The largest absolute Gasteiger partial charge is 0.507 e. The second-order valence-electron chi connectivity index (χ2n) is 34.8. The van der Waals surface area contributed by atoms with Crippen LogP contribution in [0.25, 0.3) is 44.5 Å². The zero-order chi connectivity index (χ0) is 101. The Morgan fingerprint density at radius 3 is 0.804 bits per heavy atom.